The van der Waals surface area contributed by atoms with Crippen LogP contribution in [0.15, 0.2) is 58.9 Å². The van der Waals surface area contributed by atoms with Crippen LogP contribution in [-0.2, 0) is 6.54 Å². The van der Waals surface area contributed by atoms with Crippen molar-refractivity contribution in [3.05, 3.63) is 64.7 Å². The van der Waals surface area contributed by atoms with Gasteiger partial charge in [0.05, 0.1) is 0 Å². The molecule has 21 heavy (non-hydrogen) atoms. The molecule has 0 saturated carbocycles. The minimum absolute atomic E-state index is 0.111. The van der Waals surface area contributed by atoms with Crippen LogP contribution in [0.5, 0.6) is 0 Å². The number of benzene rings is 2. The van der Waals surface area contributed by atoms with Gasteiger partial charge < -0.3 is 5.32 Å². The van der Waals surface area contributed by atoms with Crippen molar-refractivity contribution >= 4 is 23.1 Å². The Kier molecular flexibility index (Phi) is 5.29. The zero-order valence-corrected chi connectivity index (χ0v) is 12.4. The van der Waals surface area contributed by atoms with Gasteiger partial charge >= 0.3 is 0 Å². The number of hydrogen-bond donors (Lipinski definition) is 3. The predicted octanol–water partition coefficient (Wildman–Crippen LogP) is 3.86. The highest BCUT2D eigenvalue weighted by Gasteiger charge is 2.01. The van der Waals surface area contributed by atoms with Gasteiger partial charge in [0.15, 0.2) is 5.84 Å². The first-order valence-corrected chi connectivity index (χ1v) is 6.81. The first-order valence-electron chi connectivity index (χ1n) is 6.44. The van der Waals surface area contributed by atoms with Gasteiger partial charge in [0, 0.05) is 29.9 Å². The molecule has 0 spiro atoms. The van der Waals surface area contributed by atoms with E-state index in [1.165, 1.54) is 0 Å². The Morgan fingerprint density at radius 2 is 1.95 bits per heavy atom. The first kappa shape index (κ1) is 15.0. The summed E-state index contributed by atoms with van der Waals surface area (Å²) in [5, 5.41) is 19.2. The van der Waals surface area contributed by atoms with Crippen LogP contribution in [0.3, 0.4) is 0 Å². The third-order valence-corrected chi connectivity index (χ3v) is 3.05. The number of hydrogen-bond acceptors (Lipinski definition) is 3. The van der Waals surface area contributed by atoms with Crippen LogP contribution in [0, 0.1) is 5.41 Å². The van der Waals surface area contributed by atoms with E-state index >= 15 is 0 Å². The standard InChI is InChI=1S/C15H16ClN5/c1-18-21-20-15(17)12-3-2-4-14(9-12)19-10-11-5-7-13(16)8-6-11/h2-9,19H,10H2,1H3,(H2,17,18,20). The summed E-state index contributed by atoms with van der Waals surface area (Å²) in [4.78, 5) is 0. The molecule has 0 radical (unpaired) electrons. The Morgan fingerprint density at radius 1 is 1.19 bits per heavy atom. The second-order valence-electron chi connectivity index (χ2n) is 4.33. The minimum atomic E-state index is 0.111. The van der Waals surface area contributed by atoms with E-state index in [2.05, 4.69) is 21.1 Å². The lowest BCUT2D eigenvalue weighted by molar-refractivity contribution is 0.828. The molecule has 0 atom stereocenters. The Balaban J connectivity index is 2.02. The van der Waals surface area contributed by atoms with Gasteiger partial charge in [-0.05, 0) is 29.8 Å². The average Bonchev–Trinajstić information content (AvgIpc) is 2.52. The predicted molar refractivity (Wildman–Crippen MR) is 86.0 cm³/mol. The molecule has 0 saturated heterocycles. The van der Waals surface area contributed by atoms with Crippen molar-refractivity contribution in [1.29, 1.82) is 5.41 Å². The van der Waals surface area contributed by atoms with Crippen molar-refractivity contribution in [3.63, 3.8) is 0 Å². The smallest absolute Gasteiger partial charge is 0.176 e. The van der Waals surface area contributed by atoms with Gasteiger partial charge in [0.25, 0.3) is 0 Å². The molecule has 5 nitrogen and oxygen atoms in total. The molecule has 3 N–H and O–H groups in total. The maximum absolute atomic E-state index is 7.81. The van der Waals surface area contributed by atoms with Crippen LogP contribution in [0.25, 0.3) is 0 Å². The third-order valence-electron chi connectivity index (χ3n) is 2.80. The molecule has 0 aliphatic heterocycles. The highest BCUT2D eigenvalue weighted by molar-refractivity contribution is 6.30. The second kappa shape index (κ2) is 7.40. The lowest BCUT2D eigenvalue weighted by Gasteiger charge is -2.08. The molecule has 0 aliphatic carbocycles. The van der Waals surface area contributed by atoms with Gasteiger partial charge in [-0.2, -0.15) is 0 Å². The maximum atomic E-state index is 7.81. The molecule has 0 aromatic heterocycles. The van der Waals surface area contributed by atoms with E-state index < -0.39 is 0 Å². The summed E-state index contributed by atoms with van der Waals surface area (Å²) < 4.78 is 0. The number of rotatable bonds is 5. The van der Waals surface area contributed by atoms with Crippen molar-refractivity contribution in [3.8, 4) is 0 Å². The summed E-state index contributed by atoms with van der Waals surface area (Å²) in [6.07, 6.45) is 0. The lowest BCUT2D eigenvalue weighted by atomic mass is 10.1. The van der Waals surface area contributed by atoms with Gasteiger partial charge in [-0.3, -0.25) is 10.8 Å². The highest BCUT2D eigenvalue weighted by Crippen LogP contribution is 2.14. The monoisotopic (exact) mass is 301 g/mol. The van der Waals surface area contributed by atoms with Crippen molar-refractivity contribution in [2.24, 2.45) is 10.3 Å². The van der Waals surface area contributed by atoms with E-state index in [0.717, 1.165) is 16.3 Å². The molecule has 0 aliphatic rings. The molecule has 2 rings (SSSR count). The van der Waals surface area contributed by atoms with Crippen LogP contribution in [0.2, 0.25) is 5.02 Å². The second-order valence-corrected chi connectivity index (χ2v) is 4.77. The SMILES string of the molecule is CN/N=N\C(=N)c1cccc(NCc2ccc(Cl)cc2)c1. The van der Waals surface area contributed by atoms with Gasteiger partial charge in [-0.1, -0.05) is 41.1 Å². The minimum Gasteiger partial charge on any atom is -0.381 e. The van der Waals surface area contributed by atoms with E-state index in [0.29, 0.717) is 12.1 Å². The fourth-order valence-electron chi connectivity index (χ4n) is 1.74. The molecule has 0 heterocycles. The lowest BCUT2D eigenvalue weighted by Crippen LogP contribution is -2.02. The first-order chi connectivity index (χ1) is 10.2. The van der Waals surface area contributed by atoms with E-state index in [-0.39, 0.29) is 5.84 Å². The summed E-state index contributed by atoms with van der Waals surface area (Å²) in [6.45, 7) is 0.686. The molecule has 2 aromatic rings. The van der Waals surface area contributed by atoms with Crippen molar-refractivity contribution in [2.45, 2.75) is 6.54 Å². The van der Waals surface area contributed by atoms with Crippen LogP contribution < -0.4 is 10.7 Å². The Morgan fingerprint density at radius 3 is 2.67 bits per heavy atom. The number of nitrogens with one attached hydrogen (secondary N) is 3. The van der Waals surface area contributed by atoms with Gasteiger partial charge in [-0.25, -0.2) is 0 Å². The van der Waals surface area contributed by atoms with Crippen LogP contribution in [0.1, 0.15) is 11.1 Å². The van der Waals surface area contributed by atoms with Gasteiger partial charge in [0.2, 0.25) is 0 Å². The molecular weight excluding hydrogens is 286 g/mol. The summed E-state index contributed by atoms with van der Waals surface area (Å²) in [7, 11) is 1.64. The van der Waals surface area contributed by atoms with E-state index in [1.807, 2.05) is 48.5 Å². The quantitative estimate of drug-likeness (QED) is 0.339. The molecule has 2 aromatic carbocycles. The normalized spacial score (nSPS) is 10.6. The summed E-state index contributed by atoms with van der Waals surface area (Å²) in [5.41, 5.74) is 5.29. The third kappa shape index (κ3) is 4.57. The van der Waals surface area contributed by atoms with E-state index in [9.17, 15) is 0 Å². The molecule has 6 heteroatoms. The topological polar surface area (TPSA) is 72.6 Å². The number of halogens is 1. The van der Waals surface area contributed by atoms with Crippen molar-refractivity contribution in [1.82, 2.24) is 5.43 Å². The summed E-state index contributed by atoms with van der Waals surface area (Å²) in [5.74, 6) is 0.111. The molecular formula is C15H16ClN5. The largest absolute Gasteiger partial charge is 0.381 e. The Hall–Kier alpha value is -2.40. The zero-order valence-electron chi connectivity index (χ0n) is 11.6. The van der Waals surface area contributed by atoms with E-state index in [1.54, 1.807) is 7.05 Å². The van der Waals surface area contributed by atoms with Crippen LogP contribution in [-0.4, -0.2) is 12.9 Å². The molecule has 0 amide bonds. The maximum Gasteiger partial charge on any atom is 0.176 e. The highest BCUT2D eigenvalue weighted by atomic mass is 35.5. The summed E-state index contributed by atoms with van der Waals surface area (Å²) in [6, 6.07) is 15.2. The number of nitrogens with zero attached hydrogens (tertiary/aromatic N) is 2. The Bertz CT molecular complexity index is 637. The van der Waals surface area contributed by atoms with Crippen molar-refractivity contribution < 1.29 is 0 Å². The average molecular weight is 302 g/mol. The fraction of sp³-hybridized carbons (Fsp3) is 0.133. The summed E-state index contributed by atoms with van der Waals surface area (Å²) >= 11 is 5.86. The van der Waals surface area contributed by atoms with Crippen LogP contribution in [0.4, 0.5) is 5.69 Å². The molecule has 0 fully saturated rings. The fourth-order valence-corrected chi connectivity index (χ4v) is 1.87. The Labute approximate surface area is 128 Å². The molecule has 108 valence electrons. The van der Waals surface area contributed by atoms with E-state index in [4.69, 9.17) is 17.0 Å². The van der Waals surface area contributed by atoms with Gasteiger partial charge in [0.1, 0.15) is 0 Å². The number of anilines is 1. The zero-order chi connectivity index (χ0) is 15.1. The molecule has 0 bridgehead atoms. The number of amidine groups is 1. The van der Waals surface area contributed by atoms with Crippen molar-refractivity contribution in [2.75, 3.05) is 12.4 Å². The van der Waals surface area contributed by atoms with Gasteiger partial charge in [-0.15, -0.1) is 5.11 Å². The molecule has 0 unspecified atom stereocenters. The van der Waals surface area contributed by atoms with Crippen LogP contribution >= 0.6 is 11.6 Å².